The fraction of sp³-hybridized carbons (Fsp3) is 0.333. The monoisotopic (exact) mass is 341 g/mol. The summed E-state index contributed by atoms with van der Waals surface area (Å²) in [6.07, 6.45) is 0. The van der Waals surface area contributed by atoms with Crippen molar-refractivity contribution in [2.45, 2.75) is 5.79 Å². The Kier molecular flexibility index (Phi) is 3.25. The summed E-state index contributed by atoms with van der Waals surface area (Å²) in [5, 5.41) is 0. The first-order valence-corrected chi connectivity index (χ1v) is 6.77. The largest absolute Gasteiger partial charge is 0.336 e. The zero-order valence-electron chi connectivity index (χ0n) is 10.4. The molecule has 1 saturated heterocycles. The summed E-state index contributed by atoms with van der Waals surface area (Å²) in [6.45, 7) is 0.474. The molecular weight excluding hydrogens is 330 g/mol. The summed E-state index contributed by atoms with van der Waals surface area (Å²) >= 11 is 3.36. The number of carbonyl (C=O) groups is 2. The van der Waals surface area contributed by atoms with E-state index in [-0.39, 0.29) is 6.54 Å². The van der Waals surface area contributed by atoms with E-state index in [2.05, 4.69) is 15.9 Å². The highest BCUT2D eigenvalue weighted by Gasteiger charge is 2.56. The molecule has 1 spiro atoms. The summed E-state index contributed by atoms with van der Waals surface area (Å²) in [7, 11) is 0. The number of fused-ring (bicyclic) bond motifs is 2. The Morgan fingerprint density at radius 2 is 2.15 bits per heavy atom. The van der Waals surface area contributed by atoms with Crippen LogP contribution in [0.1, 0.15) is 5.56 Å². The Morgan fingerprint density at radius 1 is 1.45 bits per heavy atom. The predicted octanol–water partition coefficient (Wildman–Crippen LogP) is -0.0148. The molecule has 2 aliphatic rings. The molecule has 0 bridgehead atoms. The third-order valence-electron chi connectivity index (χ3n) is 3.29. The number of rotatable bonds is 2. The van der Waals surface area contributed by atoms with Crippen molar-refractivity contribution in [1.29, 1.82) is 0 Å². The number of hydrogen-bond donors (Lipinski definition) is 2. The average Bonchev–Trinajstić information content (AvgIpc) is 3.01. The third-order valence-corrected chi connectivity index (χ3v) is 3.78. The van der Waals surface area contributed by atoms with Crippen LogP contribution in [-0.2, 0) is 24.8 Å². The number of halogens is 1. The number of anilines is 1. The van der Waals surface area contributed by atoms with Crippen molar-refractivity contribution in [3.8, 4) is 0 Å². The fourth-order valence-electron chi connectivity index (χ4n) is 2.45. The topological polar surface area (TPSA) is 93.9 Å². The molecule has 0 saturated carbocycles. The van der Waals surface area contributed by atoms with E-state index in [1.807, 2.05) is 5.43 Å². The lowest BCUT2D eigenvalue weighted by molar-refractivity contribution is -0.180. The van der Waals surface area contributed by atoms with Crippen LogP contribution >= 0.6 is 15.9 Å². The van der Waals surface area contributed by atoms with E-state index >= 15 is 0 Å². The zero-order chi connectivity index (χ0) is 14.3. The molecule has 2 aliphatic heterocycles. The molecule has 20 heavy (non-hydrogen) atoms. The molecule has 0 aromatic heterocycles. The quantitative estimate of drug-likeness (QED) is 0.448. The van der Waals surface area contributed by atoms with Gasteiger partial charge < -0.3 is 9.47 Å². The zero-order valence-corrected chi connectivity index (χ0v) is 12.0. The molecule has 0 radical (unpaired) electrons. The number of nitrogens with one attached hydrogen (secondary N) is 1. The average molecular weight is 342 g/mol. The maximum Gasteiger partial charge on any atom is 0.293 e. The molecule has 1 aromatic rings. The first-order chi connectivity index (χ1) is 9.58. The minimum absolute atomic E-state index is 0.182. The SMILES string of the molecule is NNC(=O)CN1C(=O)C2(OCCO2)c2cc(Br)ccc21. The number of nitrogens with two attached hydrogens (primary N) is 1. The second-order valence-corrected chi connectivity index (χ2v) is 5.35. The first kappa shape index (κ1) is 13.5. The van der Waals surface area contributed by atoms with E-state index < -0.39 is 17.6 Å². The van der Waals surface area contributed by atoms with Crippen LogP contribution in [0.4, 0.5) is 5.69 Å². The standard InChI is InChI=1S/C12H12BrN3O4/c13-7-1-2-9-8(5-7)12(19-3-4-20-12)11(18)16(9)6-10(17)15-14/h1-2,5H,3-4,6,14H2,(H,15,17). The van der Waals surface area contributed by atoms with Gasteiger partial charge in [-0.1, -0.05) is 15.9 Å². The number of hydrogen-bond acceptors (Lipinski definition) is 5. The van der Waals surface area contributed by atoms with Crippen molar-refractivity contribution in [3.63, 3.8) is 0 Å². The van der Waals surface area contributed by atoms with Crippen LogP contribution in [-0.4, -0.2) is 31.6 Å². The van der Waals surface area contributed by atoms with Crippen molar-refractivity contribution in [3.05, 3.63) is 28.2 Å². The van der Waals surface area contributed by atoms with Gasteiger partial charge in [0.05, 0.1) is 18.9 Å². The van der Waals surface area contributed by atoms with Crippen LogP contribution in [0.3, 0.4) is 0 Å². The van der Waals surface area contributed by atoms with Crippen LogP contribution in [0.5, 0.6) is 0 Å². The molecule has 2 heterocycles. The van der Waals surface area contributed by atoms with Gasteiger partial charge >= 0.3 is 0 Å². The van der Waals surface area contributed by atoms with Gasteiger partial charge in [-0.25, -0.2) is 5.84 Å². The van der Waals surface area contributed by atoms with Crippen molar-refractivity contribution in [1.82, 2.24) is 5.43 Å². The van der Waals surface area contributed by atoms with Crippen LogP contribution in [0.25, 0.3) is 0 Å². The Balaban J connectivity index is 2.08. The molecule has 0 atom stereocenters. The van der Waals surface area contributed by atoms with Gasteiger partial charge in [0.1, 0.15) is 6.54 Å². The van der Waals surface area contributed by atoms with E-state index in [4.69, 9.17) is 15.3 Å². The number of nitrogens with zero attached hydrogens (tertiary/aromatic N) is 1. The maximum atomic E-state index is 12.6. The predicted molar refractivity (Wildman–Crippen MR) is 72.4 cm³/mol. The van der Waals surface area contributed by atoms with E-state index in [9.17, 15) is 9.59 Å². The lowest BCUT2D eigenvalue weighted by atomic mass is 10.1. The molecule has 2 amide bonds. The van der Waals surface area contributed by atoms with E-state index in [0.717, 1.165) is 4.47 Å². The maximum absolute atomic E-state index is 12.6. The van der Waals surface area contributed by atoms with Crippen molar-refractivity contribution >= 4 is 33.4 Å². The summed E-state index contributed by atoms with van der Waals surface area (Å²) < 4.78 is 11.9. The molecular formula is C12H12BrN3O4. The van der Waals surface area contributed by atoms with Crippen LogP contribution in [0.2, 0.25) is 0 Å². The highest BCUT2D eigenvalue weighted by atomic mass is 79.9. The number of amides is 2. The van der Waals surface area contributed by atoms with Gasteiger partial charge in [0.2, 0.25) is 0 Å². The van der Waals surface area contributed by atoms with Crippen LogP contribution in [0, 0.1) is 0 Å². The Hall–Kier alpha value is -1.48. The molecule has 0 unspecified atom stereocenters. The molecule has 1 fully saturated rings. The molecule has 1 aromatic carbocycles. The molecule has 3 N–H and O–H groups in total. The van der Waals surface area contributed by atoms with Gasteiger partial charge in [0.25, 0.3) is 17.6 Å². The van der Waals surface area contributed by atoms with Crippen molar-refractivity contribution in [2.75, 3.05) is 24.7 Å². The minimum atomic E-state index is -1.44. The highest BCUT2D eigenvalue weighted by Crippen LogP contribution is 2.46. The molecule has 3 rings (SSSR count). The fourth-order valence-corrected chi connectivity index (χ4v) is 2.81. The molecule has 0 aliphatic carbocycles. The Bertz CT molecular complexity index is 586. The highest BCUT2D eigenvalue weighted by molar-refractivity contribution is 9.10. The summed E-state index contributed by atoms with van der Waals surface area (Å²) in [6, 6.07) is 5.28. The van der Waals surface area contributed by atoms with Crippen LogP contribution < -0.4 is 16.2 Å². The molecule has 106 valence electrons. The first-order valence-electron chi connectivity index (χ1n) is 5.98. The van der Waals surface area contributed by atoms with Gasteiger partial charge in [0.15, 0.2) is 0 Å². The van der Waals surface area contributed by atoms with E-state index in [1.54, 1.807) is 18.2 Å². The van der Waals surface area contributed by atoms with E-state index in [0.29, 0.717) is 24.5 Å². The van der Waals surface area contributed by atoms with Gasteiger partial charge in [-0.15, -0.1) is 0 Å². The third kappa shape index (κ3) is 1.84. The summed E-state index contributed by atoms with van der Waals surface area (Å²) in [4.78, 5) is 25.4. The van der Waals surface area contributed by atoms with Gasteiger partial charge in [-0.2, -0.15) is 0 Å². The minimum Gasteiger partial charge on any atom is -0.336 e. The Labute approximate surface area is 123 Å². The van der Waals surface area contributed by atoms with Gasteiger partial charge in [-0.3, -0.25) is 19.9 Å². The number of benzene rings is 1. The summed E-state index contributed by atoms with van der Waals surface area (Å²) in [5.74, 6) is 2.76. The van der Waals surface area contributed by atoms with Crippen LogP contribution in [0.15, 0.2) is 22.7 Å². The van der Waals surface area contributed by atoms with Gasteiger partial charge in [0, 0.05) is 10.0 Å². The lowest BCUT2D eigenvalue weighted by Gasteiger charge is -2.21. The van der Waals surface area contributed by atoms with Gasteiger partial charge in [-0.05, 0) is 18.2 Å². The summed E-state index contributed by atoms with van der Waals surface area (Å²) in [5.41, 5.74) is 3.19. The van der Waals surface area contributed by atoms with Crippen molar-refractivity contribution in [2.24, 2.45) is 5.84 Å². The second kappa shape index (κ2) is 4.81. The second-order valence-electron chi connectivity index (χ2n) is 4.43. The van der Waals surface area contributed by atoms with Crippen molar-refractivity contribution < 1.29 is 19.1 Å². The van der Waals surface area contributed by atoms with E-state index in [1.165, 1.54) is 4.90 Å². The number of hydrazine groups is 1. The molecule has 8 heteroatoms. The number of carbonyl (C=O) groups excluding carboxylic acids is 2. The molecule has 7 nitrogen and oxygen atoms in total. The Morgan fingerprint density at radius 3 is 2.80 bits per heavy atom. The smallest absolute Gasteiger partial charge is 0.293 e. The lowest BCUT2D eigenvalue weighted by Crippen LogP contribution is -2.46. The normalized spacial score (nSPS) is 19.5. The number of ether oxygens (including phenoxy) is 2.